The van der Waals surface area contributed by atoms with Gasteiger partial charge in [0.2, 0.25) is 0 Å². The van der Waals surface area contributed by atoms with Gasteiger partial charge in [-0.1, -0.05) is 57.2 Å². The number of methoxy groups -OCH3 is 1. The third kappa shape index (κ3) is 9.56. The Hall–Kier alpha value is -1.71. The van der Waals surface area contributed by atoms with Crippen molar-refractivity contribution in [2.24, 2.45) is 5.92 Å². The Morgan fingerprint density at radius 2 is 1.69 bits per heavy atom. The molecule has 0 aromatic heterocycles. The van der Waals surface area contributed by atoms with Crippen LogP contribution in [0.15, 0.2) is 48.5 Å². The Morgan fingerprint density at radius 3 is 2.34 bits per heavy atom. The van der Waals surface area contributed by atoms with Gasteiger partial charge in [-0.05, 0) is 48.4 Å². The van der Waals surface area contributed by atoms with Gasteiger partial charge >= 0.3 is 0 Å². The summed E-state index contributed by atoms with van der Waals surface area (Å²) in [6, 6.07) is 17.5. The Balaban J connectivity index is 0.00000420. The topological polar surface area (TPSA) is 35.1 Å². The van der Waals surface area contributed by atoms with Gasteiger partial charge in [0.25, 0.3) is 0 Å². The molecule has 0 saturated carbocycles. The average molecular weight is 420 g/mol. The quantitative estimate of drug-likeness (QED) is 0.535. The molecule has 29 heavy (non-hydrogen) atoms. The third-order valence-corrected chi connectivity index (χ3v) is 5.12. The van der Waals surface area contributed by atoms with Crippen molar-refractivity contribution >= 4 is 0 Å². The fourth-order valence-corrected chi connectivity index (χ4v) is 3.44. The van der Waals surface area contributed by atoms with Crippen LogP contribution < -0.4 is 27.2 Å². The molecular weight excluding hydrogens is 382 g/mol. The van der Waals surface area contributed by atoms with E-state index < -0.39 is 0 Å². The summed E-state index contributed by atoms with van der Waals surface area (Å²) in [6.45, 7) is 8.72. The molecule has 2 N–H and O–H groups in total. The van der Waals surface area contributed by atoms with Crippen molar-refractivity contribution in [2.45, 2.75) is 58.9 Å². The number of benzene rings is 2. The monoisotopic (exact) mass is 419 g/mol. The van der Waals surface area contributed by atoms with Gasteiger partial charge in [0.1, 0.15) is 0 Å². The van der Waals surface area contributed by atoms with Crippen molar-refractivity contribution in [3.8, 4) is 11.5 Å². The van der Waals surface area contributed by atoms with Crippen LogP contribution in [0.2, 0.25) is 0 Å². The lowest BCUT2D eigenvalue weighted by Crippen LogP contribution is -3.00. The van der Waals surface area contributed by atoms with Crippen LogP contribution in [-0.4, -0.2) is 26.3 Å². The molecule has 4 heteroatoms. The number of halogens is 1. The largest absolute Gasteiger partial charge is 1.00 e. The van der Waals surface area contributed by atoms with Crippen LogP contribution in [0.3, 0.4) is 0 Å². The molecule has 2 aromatic carbocycles. The second kappa shape index (κ2) is 14.3. The van der Waals surface area contributed by atoms with E-state index in [1.807, 2.05) is 12.1 Å². The molecule has 162 valence electrons. The first-order valence-electron chi connectivity index (χ1n) is 10.8. The summed E-state index contributed by atoms with van der Waals surface area (Å²) in [4.78, 5) is 0. The fourth-order valence-electron chi connectivity index (χ4n) is 3.44. The number of rotatable bonds is 13. The molecule has 0 saturated heterocycles. The molecular formula is C25H38ClNO2. The highest BCUT2D eigenvalue weighted by molar-refractivity contribution is 5.43. The van der Waals surface area contributed by atoms with Crippen LogP contribution in [0.1, 0.15) is 51.2 Å². The number of hydrogen-bond acceptors (Lipinski definition) is 2. The van der Waals surface area contributed by atoms with Crippen LogP contribution in [0.4, 0.5) is 0 Å². The van der Waals surface area contributed by atoms with Gasteiger partial charge in [-0.2, -0.15) is 0 Å². The van der Waals surface area contributed by atoms with Gasteiger partial charge in [-0.15, -0.1) is 0 Å². The van der Waals surface area contributed by atoms with E-state index in [4.69, 9.17) is 9.47 Å². The van der Waals surface area contributed by atoms with Gasteiger partial charge in [-0.25, -0.2) is 0 Å². The summed E-state index contributed by atoms with van der Waals surface area (Å²) in [5.74, 6) is 2.42. The highest BCUT2D eigenvalue weighted by Gasteiger charge is 2.15. The molecule has 0 spiro atoms. The second-order valence-electron chi connectivity index (χ2n) is 8.03. The highest BCUT2D eigenvalue weighted by Crippen LogP contribution is 2.29. The SMILES string of the molecule is CCC[NH2+][C@H](CCC(C)C)Cc1ccc(OC)c(OCCc2ccccc2)c1.[Cl-]. The summed E-state index contributed by atoms with van der Waals surface area (Å²) in [6.07, 6.45) is 5.73. The third-order valence-electron chi connectivity index (χ3n) is 5.12. The highest BCUT2D eigenvalue weighted by atomic mass is 35.5. The molecule has 0 aliphatic rings. The van der Waals surface area contributed by atoms with Gasteiger partial charge in [0, 0.05) is 12.8 Å². The van der Waals surface area contributed by atoms with Gasteiger partial charge in [-0.3, -0.25) is 0 Å². The maximum Gasteiger partial charge on any atom is 0.161 e. The summed E-state index contributed by atoms with van der Waals surface area (Å²) in [5.41, 5.74) is 2.62. The van der Waals surface area contributed by atoms with Crippen LogP contribution in [0, 0.1) is 5.92 Å². The lowest BCUT2D eigenvalue weighted by molar-refractivity contribution is -0.689. The summed E-state index contributed by atoms with van der Waals surface area (Å²) in [7, 11) is 1.71. The smallest absolute Gasteiger partial charge is 0.161 e. The van der Waals surface area contributed by atoms with E-state index in [2.05, 4.69) is 62.5 Å². The first kappa shape index (κ1) is 25.3. The molecule has 0 radical (unpaired) electrons. The molecule has 1 atom stereocenters. The van der Waals surface area contributed by atoms with E-state index in [1.165, 1.54) is 36.9 Å². The maximum absolute atomic E-state index is 6.10. The Bertz CT molecular complexity index is 676. The molecule has 0 aliphatic heterocycles. The Kier molecular flexibility index (Phi) is 12.5. The van der Waals surface area contributed by atoms with Crippen molar-refractivity contribution in [1.82, 2.24) is 0 Å². The number of quaternary nitrogens is 1. The van der Waals surface area contributed by atoms with Crippen LogP contribution in [0.5, 0.6) is 11.5 Å². The van der Waals surface area contributed by atoms with E-state index in [0.717, 1.165) is 30.3 Å². The lowest BCUT2D eigenvalue weighted by atomic mass is 9.97. The summed E-state index contributed by atoms with van der Waals surface area (Å²) < 4.78 is 11.6. The predicted octanol–water partition coefficient (Wildman–Crippen LogP) is 1.64. The molecule has 3 nitrogen and oxygen atoms in total. The molecule has 2 rings (SSSR count). The molecule has 0 bridgehead atoms. The van der Waals surface area contributed by atoms with Crippen LogP contribution in [0.25, 0.3) is 0 Å². The minimum atomic E-state index is 0. The number of ether oxygens (including phenoxy) is 2. The molecule has 0 heterocycles. The first-order valence-corrected chi connectivity index (χ1v) is 10.8. The number of hydrogen-bond donors (Lipinski definition) is 1. The Labute approximate surface area is 183 Å². The van der Waals surface area contributed by atoms with Crippen molar-refractivity contribution in [3.05, 3.63) is 59.7 Å². The zero-order chi connectivity index (χ0) is 20.2. The van der Waals surface area contributed by atoms with E-state index in [-0.39, 0.29) is 12.4 Å². The molecule has 0 unspecified atom stereocenters. The van der Waals surface area contributed by atoms with Crippen molar-refractivity contribution in [2.75, 3.05) is 20.3 Å². The number of nitrogens with two attached hydrogens (primary N) is 1. The van der Waals surface area contributed by atoms with Crippen LogP contribution in [-0.2, 0) is 12.8 Å². The lowest BCUT2D eigenvalue weighted by Gasteiger charge is -2.18. The standard InChI is InChI=1S/C25H37NO2.ClH/c1-5-16-26-23(13-11-20(2)3)18-22-12-14-24(27-4)25(19-22)28-17-15-21-9-7-6-8-10-21;/h6-10,12,14,19-20,23,26H,5,11,13,15-18H2,1-4H3;1H/t23-;/m1./s1. The zero-order valence-electron chi connectivity index (χ0n) is 18.5. The summed E-state index contributed by atoms with van der Waals surface area (Å²) >= 11 is 0. The van der Waals surface area contributed by atoms with E-state index in [1.54, 1.807) is 7.11 Å². The van der Waals surface area contributed by atoms with Crippen LogP contribution >= 0.6 is 0 Å². The van der Waals surface area contributed by atoms with E-state index in [9.17, 15) is 0 Å². The van der Waals surface area contributed by atoms with E-state index >= 15 is 0 Å². The fraction of sp³-hybridized carbons (Fsp3) is 0.520. The zero-order valence-corrected chi connectivity index (χ0v) is 19.3. The first-order chi connectivity index (χ1) is 13.6. The van der Waals surface area contributed by atoms with Gasteiger partial charge < -0.3 is 27.2 Å². The normalized spacial score (nSPS) is 11.8. The van der Waals surface area contributed by atoms with Crippen molar-refractivity contribution < 1.29 is 27.2 Å². The summed E-state index contributed by atoms with van der Waals surface area (Å²) in [5, 5.41) is 2.52. The minimum Gasteiger partial charge on any atom is -1.00 e. The second-order valence-corrected chi connectivity index (χ2v) is 8.03. The van der Waals surface area contributed by atoms with Crippen molar-refractivity contribution in [3.63, 3.8) is 0 Å². The molecule has 0 aliphatic carbocycles. The van der Waals surface area contributed by atoms with Gasteiger partial charge in [0.15, 0.2) is 11.5 Å². The van der Waals surface area contributed by atoms with Crippen molar-refractivity contribution in [1.29, 1.82) is 0 Å². The Morgan fingerprint density at radius 1 is 0.931 bits per heavy atom. The van der Waals surface area contributed by atoms with Gasteiger partial charge in [0.05, 0.1) is 26.3 Å². The maximum atomic E-state index is 6.10. The molecule has 2 aromatic rings. The predicted molar refractivity (Wildman–Crippen MR) is 117 cm³/mol. The minimum absolute atomic E-state index is 0. The molecule has 0 fully saturated rings. The average Bonchev–Trinajstić information content (AvgIpc) is 2.71. The molecule has 0 amide bonds. The van der Waals surface area contributed by atoms with E-state index in [0.29, 0.717) is 12.6 Å².